The molecule has 1 heterocycles. The molecule has 0 bridgehead atoms. The number of carboxylic acids is 1. The maximum absolute atomic E-state index is 12.3. The Hall–Kier alpha value is -1.14. The Labute approximate surface area is 113 Å². The summed E-state index contributed by atoms with van der Waals surface area (Å²) in [5.74, 6) is -1.11. The molecule has 19 heavy (non-hydrogen) atoms. The molecule has 0 radical (unpaired) electrons. The highest BCUT2D eigenvalue weighted by molar-refractivity contribution is 5.81. The van der Waals surface area contributed by atoms with Gasteiger partial charge in [-0.3, -0.25) is 14.5 Å². The molecule has 0 unspecified atom stereocenters. The van der Waals surface area contributed by atoms with Crippen LogP contribution in [0.5, 0.6) is 0 Å². The average molecular weight is 270 g/mol. The summed E-state index contributed by atoms with van der Waals surface area (Å²) in [5, 5.41) is 17.8. The maximum atomic E-state index is 12.3. The Morgan fingerprint density at radius 1 is 1.05 bits per heavy atom. The van der Waals surface area contributed by atoms with E-state index in [1.807, 2.05) is 4.90 Å². The third kappa shape index (κ3) is 3.45. The number of nitrogens with zero attached hydrogens (tertiary/aromatic N) is 2. The fraction of sp³-hybridized carbons (Fsp3) is 0.846. The van der Waals surface area contributed by atoms with Crippen molar-refractivity contribution in [3.05, 3.63) is 0 Å². The molecule has 2 N–H and O–H groups in total. The number of carbonyl (C=O) groups is 2. The fourth-order valence-corrected chi connectivity index (χ4v) is 3.02. The Morgan fingerprint density at radius 3 is 2.21 bits per heavy atom. The van der Waals surface area contributed by atoms with Gasteiger partial charge in [-0.15, -0.1) is 0 Å². The zero-order valence-corrected chi connectivity index (χ0v) is 11.1. The first-order chi connectivity index (χ1) is 9.11. The number of amides is 1. The standard InChI is InChI=1S/C13H22N2O4/c16-8-7-14-3-5-15(6-4-14)12(17)10-1-2-11(9-10)13(18)19/h10-11,16H,1-9H2,(H,18,19)/t10-,11+/m1/s1. The molecule has 2 aliphatic rings. The van der Waals surface area contributed by atoms with Crippen molar-refractivity contribution in [1.82, 2.24) is 9.80 Å². The quantitative estimate of drug-likeness (QED) is 0.728. The molecule has 2 atom stereocenters. The molecule has 0 aromatic rings. The molecule has 2 fully saturated rings. The predicted molar refractivity (Wildman–Crippen MR) is 68.6 cm³/mol. The summed E-state index contributed by atoms with van der Waals surface area (Å²) in [6, 6.07) is 0. The molecule has 6 nitrogen and oxygen atoms in total. The molecule has 1 saturated heterocycles. The second-order valence-corrected chi connectivity index (χ2v) is 5.44. The molecule has 1 amide bonds. The number of carbonyl (C=O) groups excluding carboxylic acids is 1. The van der Waals surface area contributed by atoms with Gasteiger partial charge in [0.25, 0.3) is 0 Å². The SMILES string of the molecule is O=C(O)[C@H]1CC[C@@H](C(=O)N2CCN(CCO)CC2)C1. The van der Waals surface area contributed by atoms with E-state index in [1.165, 1.54) is 0 Å². The van der Waals surface area contributed by atoms with Crippen LogP contribution < -0.4 is 0 Å². The molecular formula is C13H22N2O4. The minimum absolute atomic E-state index is 0.106. The van der Waals surface area contributed by atoms with Crippen LogP contribution in [-0.2, 0) is 9.59 Å². The molecule has 0 aromatic heterocycles. The first kappa shape index (κ1) is 14.3. The Kier molecular flexibility index (Phi) is 4.76. The number of aliphatic hydroxyl groups excluding tert-OH is 1. The molecule has 2 rings (SSSR count). The summed E-state index contributed by atoms with van der Waals surface area (Å²) in [4.78, 5) is 27.2. The topological polar surface area (TPSA) is 81.1 Å². The van der Waals surface area contributed by atoms with E-state index in [1.54, 1.807) is 0 Å². The number of aliphatic carboxylic acids is 1. The number of rotatable bonds is 4. The third-order valence-electron chi connectivity index (χ3n) is 4.23. The fourth-order valence-electron chi connectivity index (χ4n) is 3.02. The van der Waals surface area contributed by atoms with Crippen molar-refractivity contribution >= 4 is 11.9 Å². The molecule has 108 valence electrons. The lowest BCUT2D eigenvalue weighted by Gasteiger charge is -2.35. The second kappa shape index (κ2) is 6.34. The zero-order valence-electron chi connectivity index (χ0n) is 11.1. The summed E-state index contributed by atoms with van der Waals surface area (Å²) in [6.45, 7) is 3.77. The van der Waals surface area contributed by atoms with Gasteiger partial charge in [-0.05, 0) is 19.3 Å². The van der Waals surface area contributed by atoms with Crippen LogP contribution >= 0.6 is 0 Å². The van der Waals surface area contributed by atoms with Gasteiger partial charge in [0.1, 0.15) is 0 Å². The van der Waals surface area contributed by atoms with Crippen LogP contribution in [0.1, 0.15) is 19.3 Å². The summed E-state index contributed by atoms with van der Waals surface area (Å²) in [6.07, 6.45) is 1.81. The van der Waals surface area contributed by atoms with Crippen molar-refractivity contribution < 1.29 is 19.8 Å². The minimum atomic E-state index is -0.775. The number of hydrogen-bond acceptors (Lipinski definition) is 4. The van der Waals surface area contributed by atoms with Crippen molar-refractivity contribution in [2.75, 3.05) is 39.3 Å². The molecule has 1 saturated carbocycles. The largest absolute Gasteiger partial charge is 0.481 e. The molecule has 0 aromatic carbocycles. The van der Waals surface area contributed by atoms with E-state index in [2.05, 4.69) is 4.90 Å². The number of hydrogen-bond donors (Lipinski definition) is 2. The number of carboxylic acid groups (broad SMARTS) is 1. The van der Waals surface area contributed by atoms with Gasteiger partial charge in [0.15, 0.2) is 0 Å². The van der Waals surface area contributed by atoms with Gasteiger partial charge in [0.05, 0.1) is 12.5 Å². The summed E-state index contributed by atoms with van der Waals surface area (Å²) < 4.78 is 0. The highest BCUT2D eigenvalue weighted by atomic mass is 16.4. The smallest absolute Gasteiger partial charge is 0.306 e. The highest BCUT2D eigenvalue weighted by Crippen LogP contribution is 2.32. The lowest BCUT2D eigenvalue weighted by Crippen LogP contribution is -2.50. The second-order valence-electron chi connectivity index (χ2n) is 5.44. The Morgan fingerprint density at radius 2 is 1.68 bits per heavy atom. The van der Waals surface area contributed by atoms with Gasteiger partial charge in [-0.25, -0.2) is 0 Å². The van der Waals surface area contributed by atoms with Gasteiger partial charge in [-0.2, -0.15) is 0 Å². The maximum Gasteiger partial charge on any atom is 0.306 e. The van der Waals surface area contributed by atoms with Gasteiger partial charge >= 0.3 is 5.97 Å². The monoisotopic (exact) mass is 270 g/mol. The van der Waals surface area contributed by atoms with E-state index < -0.39 is 5.97 Å². The van der Waals surface area contributed by atoms with Crippen LogP contribution in [0, 0.1) is 11.8 Å². The first-order valence-electron chi connectivity index (χ1n) is 6.96. The summed E-state index contributed by atoms with van der Waals surface area (Å²) in [7, 11) is 0. The molecule has 0 spiro atoms. The lowest BCUT2D eigenvalue weighted by atomic mass is 10.0. The van der Waals surface area contributed by atoms with Crippen molar-refractivity contribution in [3.63, 3.8) is 0 Å². The van der Waals surface area contributed by atoms with Crippen molar-refractivity contribution in [3.8, 4) is 0 Å². The van der Waals surface area contributed by atoms with Crippen molar-refractivity contribution in [1.29, 1.82) is 0 Å². The molecule has 1 aliphatic carbocycles. The zero-order chi connectivity index (χ0) is 13.8. The van der Waals surface area contributed by atoms with E-state index >= 15 is 0 Å². The number of piperazine rings is 1. The van der Waals surface area contributed by atoms with Gasteiger partial charge < -0.3 is 15.1 Å². The van der Waals surface area contributed by atoms with Crippen LogP contribution in [0.4, 0.5) is 0 Å². The minimum Gasteiger partial charge on any atom is -0.481 e. The van der Waals surface area contributed by atoms with E-state index in [9.17, 15) is 9.59 Å². The molecule has 1 aliphatic heterocycles. The van der Waals surface area contributed by atoms with Crippen LogP contribution in [0.25, 0.3) is 0 Å². The van der Waals surface area contributed by atoms with Gasteiger partial charge in [0, 0.05) is 38.6 Å². The lowest BCUT2D eigenvalue weighted by molar-refractivity contribution is -0.142. The average Bonchev–Trinajstić information content (AvgIpc) is 2.89. The normalized spacial score (nSPS) is 28.6. The molecular weight excluding hydrogens is 248 g/mol. The van der Waals surface area contributed by atoms with Crippen LogP contribution in [0.15, 0.2) is 0 Å². The van der Waals surface area contributed by atoms with Crippen molar-refractivity contribution in [2.45, 2.75) is 19.3 Å². The van der Waals surface area contributed by atoms with E-state index in [4.69, 9.17) is 10.2 Å². The van der Waals surface area contributed by atoms with E-state index in [-0.39, 0.29) is 24.3 Å². The van der Waals surface area contributed by atoms with Crippen LogP contribution in [0.2, 0.25) is 0 Å². The number of β-amino-alcohol motifs (C(OH)–C–C–N with tert-alkyl or cyclic N) is 1. The third-order valence-corrected chi connectivity index (χ3v) is 4.23. The Balaban J connectivity index is 1.80. The van der Waals surface area contributed by atoms with Crippen LogP contribution in [-0.4, -0.2) is 71.2 Å². The predicted octanol–water partition coefficient (Wildman–Crippen LogP) is -0.376. The van der Waals surface area contributed by atoms with Crippen molar-refractivity contribution in [2.24, 2.45) is 11.8 Å². The van der Waals surface area contributed by atoms with E-state index in [0.717, 1.165) is 13.1 Å². The summed E-state index contributed by atoms with van der Waals surface area (Å²) in [5.41, 5.74) is 0. The summed E-state index contributed by atoms with van der Waals surface area (Å²) >= 11 is 0. The van der Waals surface area contributed by atoms with Gasteiger partial charge in [0.2, 0.25) is 5.91 Å². The van der Waals surface area contributed by atoms with Crippen LogP contribution in [0.3, 0.4) is 0 Å². The number of aliphatic hydroxyl groups is 1. The van der Waals surface area contributed by atoms with Gasteiger partial charge in [-0.1, -0.05) is 0 Å². The first-order valence-corrected chi connectivity index (χ1v) is 6.96. The Bertz CT molecular complexity index is 340. The highest BCUT2D eigenvalue weighted by Gasteiger charge is 2.36. The molecule has 6 heteroatoms. The van der Waals surface area contributed by atoms with E-state index in [0.29, 0.717) is 38.9 Å².